The second-order valence-corrected chi connectivity index (χ2v) is 1.41. The number of aliphatic hydroxyl groups is 1. The van der Waals surface area contributed by atoms with Gasteiger partial charge in [0.1, 0.15) is 6.61 Å². The Balaban J connectivity index is 0.000000640. The quantitative estimate of drug-likeness (QED) is 0.530. The molecule has 0 atom stereocenters. The van der Waals surface area contributed by atoms with Gasteiger partial charge in [-0.05, 0) is 0 Å². The molecule has 0 unspecified atom stereocenters. The third-order valence-corrected chi connectivity index (χ3v) is 0.890. The van der Waals surface area contributed by atoms with Crippen LogP contribution in [0.1, 0.15) is 5.82 Å². The summed E-state index contributed by atoms with van der Waals surface area (Å²) in [5.74, 6) is 5.72. The van der Waals surface area contributed by atoms with Crippen LogP contribution in [0.2, 0.25) is 0 Å². The van der Waals surface area contributed by atoms with Gasteiger partial charge in [0.25, 0.3) is 0 Å². The SMILES string of the molecule is Cl.Nn1ccnc1CO. The lowest BCUT2D eigenvalue weighted by Crippen LogP contribution is -2.10. The van der Waals surface area contributed by atoms with Crippen LogP contribution in [0.15, 0.2) is 12.4 Å². The van der Waals surface area contributed by atoms with Gasteiger partial charge < -0.3 is 10.9 Å². The lowest BCUT2D eigenvalue weighted by Gasteiger charge is -1.92. The van der Waals surface area contributed by atoms with Crippen molar-refractivity contribution in [1.29, 1.82) is 0 Å². The molecule has 9 heavy (non-hydrogen) atoms. The number of halogens is 1. The Labute approximate surface area is 58.7 Å². The standard InChI is InChI=1S/C4H7N3O.ClH/c5-7-2-1-6-4(7)3-8;/h1-2,8H,3,5H2;1H. The summed E-state index contributed by atoms with van der Waals surface area (Å²) in [5, 5.41) is 8.44. The van der Waals surface area contributed by atoms with Crippen LogP contribution < -0.4 is 5.84 Å². The number of rotatable bonds is 1. The molecule has 5 heteroatoms. The predicted molar refractivity (Wildman–Crippen MR) is 35.5 cm³/mol. The summed E-state index contributed by atoms with van der Waals surface area (Å²) in [7, 11) is 0. The third-order valence-electron chi connectivity index (χ3n) is 0.890. The number of imidazole rings is 1. The zero-order chi connectivity index (χ0) is 5.98. The van der Waals surface area contributed by atoms with Crippen LogP contribution in [0, 0.1) is 0 Å². The molecule has 0 saturated heterocycles. The van der Waals surface area contributed by atoms with Crippen molar-refractivity contribution < 1.29 is 5.11 Å². The summed E-state index contributed by atoms with van der Waals surface area (Å²) in [6, 6.07) is 0. The molecule has 0 radical (unpaired) electrons. The average molecular weight is 150 g/mol. The van der Waals surface area contributed by atoms with Gasteiger partial charge >= 0.3 is 0 Å². The first kappa shape index (κ1) is 8.26. The van der Waals surface area contributed by atoms with Crippen LogP contribution >= 0.6 is 12.4 Å². The average Bonchev–Trinajstić information content (AvgIpc) is 2.14. The molecule has 1 aromatic rings. The van der Waals surface area contributed by atoms with Crippen molar-refractivity contribution in [1.82, 2.24) is 9.66 Å². The number of aliphatic hydroxyl groups excluding tert-OH is 1. The highest BCUT2D eigenvalue weighted by Crippen LogP contribution is 1.88. The van der Waals surface area contributed by atoms with Gasteiger partial charge in [-0.15, -0.1) is 12.4 Å². The van der Waals surface area contributed by atoms with Crippen LogP contribution in [0.3, 0.4) is 0 Å². The molecule has 0 amide bonds. The van der Waals surface area contributed by atoms with Gasteiger partial charge in [-0.2, -0.15) is 0 Å². The fourth-order valence-electron chi connectivity index (χ4n) is 0.466. The number of aromatic nitrogens is 2. The lowest BCUT2D eigenvalue weighted by atomic mass is 10.7. The number of hydrogen-bond acceptors (Lipinski definition) is 3. The van der Waals surface area contributed by atoms with Crippen molar-refractivity contribution >= 4 is 12.4 Å². The molecule has 0 aliphatic rings. The van der Waals surface area contributed by atoms with Crippen molar-refractivity contribution in [3.8, 4) is 0 Å². The van der Waals surface area contributed by atoms with Crippen molar-refractivity contribution in [2.24, 2.45) is 0 Å². The Bertz CT molecular complexity index is 176. The molecule has 4 nitrogen and oxygen atoms in total. The largest absolute Gasteiger partial charge is 0.388 e. The molecule has 52 valence electrons. The highest BCUT2D eigenvalue weighted by atomic mass is 35.5. The van der Waals surface area contributed by atoms with E-state index < -0.39 is 0 Å². The van der Waals surface area contributed by atoms with E-state index in [2.05, 4.69) is 4.98 Å². The molecular formula is C4H8ClN3O. The molecule has 0 bridgehead atoms. The van der Waals surface area contributed by atoms with Gasteiger partial charge in [0, 0.05) is 12.4 Å². The van der Waals surface area contributed by atoms with E-state index in [0.717, 1.165) is 0 Å². The van der Waals surface area contributed by atoms with E-state index in [1.165, 1.54) is 10.9 Å². The van der Waals surface area contributed by atoms with Crippen molar-refractivity contribution in [2.45, 2.75) is 6.61 Å². The summed E-state index contributed by atoms with van der Waals surface area (Å²) in [4.78, 5) is 3.72. The fraction of sp³-hybridized carbons (Fsp3) is 0.250. The van der Waals surface area contributed by atoms with E-state index in [1.807, 2.05) is 0 Å². The maximum absolute atomic E-state index is 8.44. The molecular weight excluding hydrogens is 142 g/mol. The van der Waals surface area contributed by atoms with E-state index in [9.17, 15) is 0 Å². The summed E-state index contributed by atoms with van der Waals surface area (Å²) >= 11 is 0. The minimum atomic E-state index is -0.108. The molecule has 0 aliphatic carbocycles. The summed E-state index contributed by atoms with van der Waals surface area (Å²) in [5.41, 5.74) is 0. The minimum Gasteiger partial charge on any atom is -0.388 e. The minimum absolute atomic E-state index is 0. The third kappa shape index (κ3) is 1.58. The molecule has 1 rings (SSSR count). The topological polar surface area (TPSA) is 64.1 Å². The molecule has 0 fully saturated rings. The molecule has 1 heterocycles. The van der Waals surface area contributed by atoms with Gasteiger partial charge in [0.15, 0.2) is 5.82 Å². The van der Waals surface area contributed by atoms with Gasteiger partial charge in [0.05, 0.1) is 0 Å². The van der Waals surface area contributed by atoms with Crippen molar-refractivity contribution in [3.05, 3.63) is 18.2 Å². The molecule has 0 saturated carbocycles. The number of nitrogens with two attached hydrogens (primary N) is 1. The molecule has 0 aromatic carbocycles. The summed E-state index contributed by atoms with van der Waals surface area (Å²) in [6.07, 6.45) is 3.11. The van der Waals surface area contributed by atoms with Gasteiger partial charge in [-0.1, -0.05) is 0 Å². The Morgan fingerprint density at radius 1 is 1.78 bits per heavy atom. The molecule has 0 aliphatic heterocycles. The first-order valence-electron chi connectivity index (χ1n) is 2.22. The van der Waals surface area contributed by atoms with Crippen molar-refractivity contribution in [2.75, 3.05) is 5.84 Å². The second kappa shape index (κ2) is 3.32. The summed E-state index contributed by atoms with van der Waals surface area (Å²) < 4.78 is 1.28. The maximum atomic E-state index is 8.44. The molecule has 3 N–H and O–H groups in total. The zero-order valence-electron chi connectivity index (χ0n) is 4.69. The number of nitrogen functional groups attached to an aromatic ring is 1. The Morgan fingerprint density at radius 2 is 2.44 bits per heavy atom. The van der Waals surface area contributed by atoms with Gasteiger partial charge in [-0.25, -0.2) is 4.98 Å². The number of hydrogen-bond donors (Lipinski definition) is 2. The highest BCUT2D eigenvalue weighted by Gasteiger charge is 1.92. The van der Waals surface area contributed by atoms with E-state index in [-0.39, 0.29) is 19.0 Å². The van der Waals surface area contributed by atoms with Crippen LogP contribution in [0.25, 0.3) is 0 Å². The Morgan fingerprint density at radius 3 is 2.67 bits per heavy atom. The van der Waals surface area contributed by atoms with E-state index in [4.69, 9.17) is 10.9 Å². The lowest BCUT2D eigenvalue weighted by molar-refractivity contribution is 0.268. The van der Waals surface area contributed by atoms with Crippen LogP contribution in [-0.4, -0.2) is 14.8 Å². The van der Waals surface area contributed by atoms with Gasteiger partial charge in [0.2, 0.25) is 0 Å². The Kier molecular flexibility index (Phi) is 3.05. The summed E-state index contributed by atoms with van der Waals surface area (Å²) in [6.45, 7) is -0.108. The van der Waals surface area contributed by atoms with Crippen molar-refractivity contribution in [3.63, 3.8) is 0 Å². The highest BCUT2D eigenvalue weighted by molar-refractivity contribution is 5.85. The normalized spacial score (nSPS) is 8.56. The first-order valence-corrected chi connectivity index (χ1v) is 2.22. The molecule has 0 spiro atoms. The van der Waals surface area contributed by atoms with E-state index in [0.29, 0.717) is 5.82 Å². The molecule has 1 aromatic heterocycles. The van der Waals surface area contributed by atoms with Crippen LogP contribution in [0.5, 0.6) is 0 Å². The zero-order valence-corrected chi connectivity index (χ0v) is 5.51. The van der Waals surface area contributed by atoms with Crippen LogP contribution in [-0.2, 0) is 6.61 Å². The smallest absolute Gasteiger partial charge is 0.152 e. The second-order valence-electron chi connectivity index (χ2n) is 1.41. The maximum Gasteiger partial charge on any atom is 0.152 e. The fourth-order valence-corrected chi connectivity index (χ4v) is 0.466. The predicted octanol–water partition coefficient (Wildman–Crippen LogP) is -0.489. The number of nitrogens with zero attached hydrogens (tertiary/aromatic N) is 2. The monoisotopic (exact) mass is 149 g/mol. The van der Waals surface area contributed by atoms with Crippen LogP contribution in [0.4, 0.5) is 0 Å². The van der Waals surface area contributed by atoms with E-state index >= 15 is 0 Å². The van der Waals surface area contributed by atoms with E-state index in [1.54, 1.807) is 6.20 Å². The Hall–Kier alpha value is -0.740. The first-order chi connectivity index (χ1) is 3.84. The van der Waals surface area contributed by atoms with Gasteiger partial charge in [-0.3, -0.25) is 4.68 Å².